The Morgan fingerprint density at radius 3 is 2.17 bits per heavy atom. The maximum atomic E-state index is 15.6. The van der Waals surface area contributed by atoms with Crippen molar-refractivity contribution in [2.45, 2.75) is 83.5 Å². The molecular formula is C37H49F2N9O6. The van der Waals surface area contributed by atoms with E-state index in [1.54, 1.807) is 43.7 Å². The summed E-state index contributed by atoms with van der Waals surface area (Å²) in [7, 11) is 2.44. The predicted octanol–water partition coefficient (Wildman–Crippen LogP) is 4.98. The number of piperidine rings is 1. The number of nitrogens with zero attached hydrogens (tertiary/aromatic N) is 4. The van der Waals surface area contributed by atoms with Gasteiger partial charge in [-0.05, 0) is 63.2 Å². The second kappa shape index (κ2) is 17.1. The van der Waals surface area contributed by atoms with Gasteiger partial charge in [-0.3, -0.25) is 9.59 Å². The molecule has 2 saturated heterocycles. The first-order chi connectivity index (χ1) is 25.7. The van der Waals surface area contributed by atoms with Crippen molar-refractivity contribution in [3.8, 4) is 11.3 Å². The van der Waals surface area contributed by atoms with Gasteiger partial charge in [0.05, 0.1) is 38.2 Å². The number of ether oxygens (including phenoxy) is 2. The zero-order valence-electron chi connectivity index (χ0n) is 31.4. The molecule has 5 N–H and O–H groups in total. The molecule has 3 aromatic rings. The minimum Gasteiger partial charge on any atom is -0.453 e. The highest BCUT2D eigenvalue weighted by molar-refractivity contribution is 5.89. The summed E-state index contributed by atoms with van der Waals surface area (Å²) in [5.41, 5.74) is 1.91. The molecule has 4 heterocycles. The lowest BCUT2D eigenvalue weighted by atomic mass is 9.93. The van der Waals surface area contributed by atoms with E-state index in [2.05, 4.69) is 51.9 Å². The zero-order valence-corrected chi connectivity index (χ0v) is 31.4. The average molecular weight is 754 g/mol. The Bertz CT molecular complexity index is 1830. The number of hydrogen-bond acceptors (Lipinski definition) is 9. The normalized spacial score (nSPS) is 17.8. The van der Waals surface area contributed by atoms with Crippen LogP contribution in [0.1, 0.15) is 88.7 Å². The molecule has 4 amide bonds. The number of hydrogen-bond donors (Lipinski definition) is 5. The van der Waals surface area contributed by atoms with Gasteiger partial charge in [0, 0.05) is 43.0 Å². The highest BCUT2D eigenvalue weighted by Gasteiger charge is 2.37. The predicted molar refractivity (Wildman–Crippen MR) is 195 cm³/mol. The fourth-order valence-electron chi connectivity index (χ4n) is 7.01. The number of methoxy groups -OCH3 is 2. The Morgan fingerprint density at radius 2 is 1.56 bits per heavy atom. The van der Waals surface area contributed by atoms with E-state index < -0.39 is 47.9 Å². The van der Waals surface area contributed by atoms with Crippen LogP contribution in [0.25, 0.3) is 11.3 Å². The molecular weight excluding hydrogens is 704 g/mol. The van der Waals surface area contributed by atoms with Crippen molar-refractivity contribution in [2.24, 2.45) is 5.92 Å². The number of rotatable bonds is 12. The second-order valence-corrected chi connectivity index (χ2v) is 14.1. The van der Waals surface area contributed by atoms with Gasteiger partial charge in [-0.2, -0.15) is 0 Å². The van der Waals surface area contributed by atoms with Gasteiger partial charge in [0.15, 0.2) is 0 Å². The number of anilines is 1. The minimum absolute atomic E-state index is 0.0700. The number of carbonyl (C=O) groups is 4. The molecule has 0 saturated carbocycles. The summed E-state index contributed by atoms with van der Waals surface area (Å²) in [4.78, 5) is 68.7. The average Bonchev–Trinajstić information content (AvgIpc) is 3.93. The lowest BCUT2D eigenvalue weighted by Gasteiger charge is -2.33. The number of aromatic nitrogens is 4. The van der Waals surface area contributed by atoms with E-state index >= 15 is 8.78 Å². The topological polar surface area (TPSA) is 187 Å². The van der Waals surface area contributed by atoms with Gasteiger partial charge >= 0.3 is 12.2 Å². The van der Waals surface area contributed by atoms with Gasteiger partial charge < -0.3 is 45.2 Å². The second-order valence-electron chi connectivity index (χ2n) is 14.1. The number of carbonyl (C=O) groups excluding carboxylic acids is 4. The molecule has 15 nitrogen and oxygen atoms in total. The molecule has 2 aliphatic heterocycles. The molecule has 4 atom stereocenters. The zero-order chi connectivity index (χ0) is 39.3. The summed E-state index contributed by atoms with van der Waals surface area (Å²) in [5, 5.41) is 7.87. The number of likely N-dealkylation sites (tertiary alicyclic amines) is 1. The number of alkyl carbamates (subject to hydrolysis) is 2. The van der Waals surface area contributed by atoms with Crippen LogP contribution < -0.4 is 20.9 Å². The molecule has 2 fully saturated rings. The Balaban J connectivity index is 1.20. The van der Waals surface area contributed by atoms with Crippen molar-refractivity contribution in [2.75, 3.05) is 38.8 Å². The van der Waals surface area contributed by atoms with E-state index in [0.717, 1.165) is 12.1 Å². The SMILES string of the molecule is C=C(C)C(NC(=O)OC)C(=O)N1CCCC1c1ncc(C2CCN(c3c(F)cc(-c4cnc(C(C)NC(=O)C(NC(=O)OC)C(C)C)[nH]4)cc3F)CC2)[nH]1. The van der Waals surface area contributed by atoms with Gasteiger partial charge in [-0.15, -0.1) is 0 Å². The van der Waals surface area contributed by atoms with Gasteiger partial charge in [0.2, 0.25) is 11.8 Å². The first-order valence-corrected chi connectivity index (χ1v) is 18.0. The lowest BCUT2D eigenvalue weighted by Crippen LogP contribution is -2.50. The molecule has 2 aromatic heterocycles. The molecule has 1 aromatic carbocycles. The molecule has 0 aliphatic carbocycles. The molecule has 292 valence electrons. The van der Waals surface area contributed by atoms with Crippen LogP contribution in [0.2, 0.25) is 0 Å². The number of imidazole rings is 2. The summed E-state index contributed by atoms with van der Waals surface area (Å²) in [6.45, 7) is 12.1. The van der Waals surface area contributed by atoms with Crippen molar-refractivity contribution in [3.63, 3.8) is 0 Å². The van der Waals surface area contributed by atoms with Crippen LogP contribution in [0.5, 0.6) is 0 Å². The molecule has 0 bridgehead atoms. The first kappa shape index (κ1) is 39.7. The Kier molecular flexibility index (Phi) is 12.6. The van der Waals surface area contributed by atoms with Gasteiger partial charge in [0.25, 0.3) is 0 Å². The Labute approximate surface area is 312 Å². The standard InChI is InChI=1S/C37H49F2N9O6/c1-19(2)29(45-36(51)53-6)34(49)42-21(5)32-40-18-27(43-32)23-15-24(38)31(25(39)16-23)47-13-10-22(11-14-47)26-17-41-33(44-26)28-9-8-12-48(28)35(50)30(20(3)4)46-37(52)54-7/h15-19,21-22,28-30H,3,8-14H2,1-2,4-7H3,(H,40,43)(H,41,44)(H,42,49)(H,45,51)(H,46,52). The fourth-order valence-corrected chi connectivity index (χ4v) is 7.01. The largest absolute Gasteiger partial charge is 0.453 e. The summed E-state index contributed by atoms with van der Waals surface area (Å²) >= 11 is 0. The number of nitrogens with one attached hydrogen (secondary N) is 5. The first-order valence-electron chi connectivity index (χ1n) is 18.0. The molecule has 0 radical (unpaired) electrons. The van der Waals surface area contributed by atoms with Crippen molar-refractivity contribution in [1.82, 2.24) is 40.8 Å². The van der Waals surface area contributed by atoms with E-state index in [-0.39, 0.29) is 35.0 Å². The highest BCUT2D eigenvalue weighted by Crippen LogP contribution is 2.36. The monoisotopic (exact) mass is 753 g/mol. The van der Waals surface area contributed by atoms with Gasteiger partial charge in [0.1, 0.15) is 41.1 Å². The van der Waals surface area contributed by atoms with Crippen LogP contribution in [0.4, 0.5) is 24.1 Å². The van der Waals surface area contributed by atoms with Crippen molar-refractivity contribution >= 4 is 29.7 Å². The number of benzene rings is 1. The van der Waals surface area contributed by atoms with E-state index in [4.69, 9.17) is 0 Å². The van der Waals surface area contributed by atoms with E-state index in [1.807, 2.05) is 0 Å². The quantitative estimate of drug-likeness (QED) is 0.159. The molecule has 17 heteroatoms. The number of aromatic amines is 2. The minimum atomic E-state index is -0.922. The van der Waals surface area contributed by atoms with Crippen LogP contribution in [-0.2, 0) is 19.1 Å². The highest BCUT2D eigenvalue weighted by atomic mass is 19.1. The fraction of sp³-hybridized carbons (Fsp3) is 0.514. The van der Waals surface area contributed by atoms with E-state index in [1.165, 1.54) is 32.5 Å². The van der Waals surface area contributed by atoms with Crippen LogP contribution >= 0.6 is 0 Å². The molecule has 0 spiro atoms. The lowest BCUT2D eigenvalue weighted by molar-refractivity contribution is -0.133. The molecule has 4 unspecified atom stereocenters. The smallest absolute Gasteiger partial charge is 0.407 e. The van der Waals surface area contributed by atoms with Crippen LogP contribution in [0.15, 0.2) is 36.7 Å². The number of H-pyrrole nitrogens is 2. The van der Waals surface area contributed by atoms with Crippen LogP contribution in [-0.4, -0.2) is 94.8 Å². The van der Waals surface area contributed by atoms with Gasteiger partial charge in [-0.1, -0.05) is 20.4 Å². The third kappa shape index (κ3) is 8.82. The summed E-state index contributed by atoms with van der Waals surface area (Å²) in [6, 6.07) is -0.142. The summed E-state index contributed by atoms with van der Waals surface area (Å²) in [5.74, 6) is -1.27. The Hall–Kier alpha value is -5.48. The number of amides is 4. The van der Waals surface area contributed by atoms with Crippen molar-refractivity contribution in [1.29, 1.82) is 0 Å². The summed E-state index contributed by atoms with van der Waals surface area (Å²) < 4.78 is 40.5. The van der Waals surface area contributed by atoms with E-state index in [9.17, 15) is 19.2 Å². The van der Waals surface area contributed by atoms with Crippen LogP contribution in [0, 0.1) is 17.6 Å². The molecule has 2 aliphatic rings. The maximum absolute atomic E-state index is 15.6. The van der Waals surface area contributed by atoms with Crippen molar-refractivity contribution < 1.29 is 37.4 Å². The molecule has 5 rings (SSSR count). The van der Waals surface area contributed by atoms with E-state index in [0.29, 0.717) is 61.8 Å². The molecule has 54 heavy (non-hydrogen) atoms. The Morgan fingerprint density at radius 1 is 0.907 bits per heavy atom. The summed E-state index contributed by atoms with van der Waals surface area (Å²) in [6.07, 6.45) is 4.49. The third-order valence-electron chi connectivity index (χ3n) is 10.0. The van der Waals surface area contributed by atoms with Gasteiger partial charge in [-0.25, -0.2) is 28.3 Å². The third-order valence-corrected chi connectivity index (χ3v) is 10.0. The van der Waals surface area contributed by atoms with Crippen molar-refractivity contribution in [3.05, 3.63) is 65.7 Å². The van der Waals surface area contributed by atoms with Crippen LogP contribution in [0.3, 0.4) is 0 Å². The maximum Gasteiger partial charge on any atom is 0.407 e. The number of halogens is 2.